The van der Waals surface area contributed by atoms with Gasteiger partial charge in [-0.2, -0.15) is 0 Å². The number of nitrogens with one attached hydrogen (secondary N) is 1. The summed E-state index contributed by atoms with van der Waals surface area (Å²) >= 11 is 0. The number of aliphatic hydroxyl groups excluding tert-OH is 1. The molecule has 8 nitrogen and oxygen atoms in total. The highest BCUT2D eigenvalue weighted by atomic mass is 16.5. The fourth-order valence-electron chi connectivity index (χ4n) is 5.12. The maximum Gasteiger partial charge on any atom is 0.256 e. The van der Waals surface area contributed by atoms with Crippen LogP contribution in [0.25, 0.3) is 10.9 Å². The van der Waals surface area contributed by atoms with Gasteiger partial charge in [-0.1, -0.05) is 12.1 Å². The zero-order chi connectivity index (χ0) is 27.2. The average Bonchev–Trinajstić information content (AvgIpc) is 3.33. The number of hydrogen-bond acceptors (Lipinski definition) is 6. The molecule has 0 aliphatic carbocycles. The highest BCUT2D eigenvalue weighted by Gasteiger charge is 2.17. The van der Waals surface area contributed by atoms with Crippen LogP contribution in [0.2, 0.25) is 0 Å². The van der Waals surface area contributed by atoms with Gasteiger partial charge < -0.3 is 29.5 Å². The first kappa shape index (κ1) is 26.9. The number of aromatic nitrogens is 2. The second kappa shape index (κ2) is 12.4. The molecule has 1 fully saturated rings. The number of carbonyl (C=O) groups excluding carboxylic acids is 1. The predicted octanol–water partition coefficient (Wildman–Crippen LogP) is 4.61. The summed E-state index contributed by atoms with van der Waals surface area (Å²) in [4.78, 5) is 22.0. The molecule has 1 amide bonds. The van der Waals surface area contributed by atoms with Gasteiger partial charge in [0.15, 0.2) is 0 Å². The minimum absolute atomic E-state index is 0.152. The molecule has 204 valence electrons. The lowest BCUT2D eigenvalue weighted by molar-refractivity contribution is 0.0832. The van der Waals surface area contributed by atoms with E-state index in [1.165, 1.54) is 11.1 Å². The summed E-state index contributed by atoms with van der Waals surface area (Å²) in [6.45, 7) is 4.06. The number of pyridine rings is 1. The molecule has 4 aromatic rings. The first-order valence-corrected chi connectivity index (χ1v) is 13.6. The fourth-order valence-corrected chi connectivity index (χ4v) is 5.12. The Morgan fingerprint density at radius 1 is 1.08 bits per heavy atom. The summed E-state index contributed by atoms with van der Waals surface area (Å²) in [6.07, 6.45) is 6.24. The summed E-state index contributed by atoms with van der Waals surface area (Å²) in [6, 6.07) is 20.1. The van der Waals surface area contributed by atoms with E-state index in [9.17, 15) is 9.90 Å². The monoisotopic (exact) mass is 527 g/mol. The molecule has 5 rings (SSSR count). The van der Waals surface area contributed by atoms with Crippen LogP contribution in [0.1, 0.15) is 28.8 Å². The largest absolute Gasteiger partial charge is 0.393 e. The number of ether oxygens (including phenoxy) is 1. The molecule has 0 radical (unpaired) electrons. The summed E-state index contributed by atoms with van der Waals surface area (Å²) in [7, 11) is 3.74. The zero-order valence-corrected chi connectivity index (χ0v) is 22.7. The molecule has 0 atom stereocenters. The van der Waals surface area contributed by atoms with E-state index in [1.54, 1.807) is 13.3 Å². The molecule has 0 spiro atoms. The SMILES string of the molecule is COCCN(c1ccnc(NC(=O)c2ccc(CCN3CCC(O)CC3)cc2)c1)c1ccc2c(ccn2C)c1. The minimum atomic E-state index is -0.189. The number of amides is 1. The number of hydrogen-bond donors (Lipinski definition) is 2. The number of methoxy groups -OCH3 is 1. The maximum atomic E-state index is 13.0. The Bertz CT molecular complexity index is 1390. The summed E-state index contributed by atoms with van der Waals surface area (Å²) in [5.74, 6) is 0.308. The Hall–Kier alpha value is -3.72. The van der Waals surface area contributed by atoms with Gasteiger partial charge in [-0.15, -0.1) is 0 Å². The Labute approximate surface area is 229 Å². The van der Waals surface area contributed by atoms with Crippen molar-refractivity contribution in [2.45, 2.75) is 25.4 Å². The lowest BCUT2D eigenvalue weighted by atomic mass is 10.1. The number of aryl methyl sites for hydroxylation is 1. The van der Waals surface area contributed by atoms with Crippen LogP contribution in [0.4, 0.5) is 17.2 Å². The van der Waals surface area contributed by atoms with E-state index in [0.717, 1.165) is 55.7 Å². The van der Waals surface area contributed by atoms with Crippen LogP contribution in [0, 0.1) is 0 Å². The van der Waals surface area contributed by atoms with Crippen molar-refractivity contribution in [3.8, 4) is 0 Å². The number of benzene rings is 2. The molecule has 2 N–H and O–H groups in total. The Balaban J connectivity index is 1.25. The van der Waals surface area contributed by atoms with Crippen LogP contribution in [-0.2, 0) is 18.2 Å². The smallest absolute Gasteiger partial charge is 0.256 e. The lowest BCUT2D eigenvalue weighted by Crippen LogP contribution is -2.37. The highest BCUT2D eigenvalue weighted by molar-refractivity contribution is 6.04. The van der Waals surface area contributed by atoms with Crippen LogP contribution in [0.5, 0.6) is 0 Å². The van der Waals surface area contributed by atoms with Crippen molar-refractivity contribution >= 4 is 34.0 Å². The number of likely N-dealkylation sites (tertiary alicyclic amines) is 1. The third-order valence-electron chi connectivity index (χ3n) is 7.49. The van der Waals surface area contributed by atoms with Gasteiger partial charge in [-0.25, -0.2) is 4.98 Å². The first-order chi connectivity index (χ1) is 19.0. The second-order valence-corrected chi connectivity index (χ2v) is 10.2. The Kier molecular flexibility index (Phi) is 8.56. The quantitative estimate of drug-likeness (QED) is 0.314. The number of nitrogens with zero attached hydrogens (tertiary/aromatic N) is 4. The maximum absolute atomic E-state index is 13.0. The van der Waals surface area contributed by atoms with Crippen molar-refractivity contribution in [1.29, 1.82) is 0 Å². The molecule has 1 saturated heterocycles. The van der Waals surface area contributed by atoms with Gasteiger partial charge in [0.25, 0.3) is 5.91 Å². The number of rotatable bonds is 10. The zero-order valence-electron chi connectivity index (χ0n) is 22.7. The first-order valence-electron chi connectivity index (χ1n) is 13.6. The third kappa shape index (κ3) is 6.65. The number of piperidine rings is 1. The number of carbonyl (C=O) groups is 1. The van der Waals surface area contributed by atoms with Gasteiger partial charge >= 0.3 is 0 Å². The van der Waals surface area contributed by atoms with E-state index >= 15 is 0 Å². The fraction of sp³-hybridized carbons (Fsp3) is 0.355. The van der Waals surface area contributed by atoms with Crippen molar-refractivity contribution in [2.75, 3.05) is 50.1 Å². The van der Waals surface area contributed by atoms with Crippen molar-refractivity contribution in [3.63, 3.8) is 0 Å². The molecule has 0 unspecified atom stereocenters. The van der Waals surface area contributed by atoms with Gasteiger partial charge in [0, 0.05) is 86.6 Å². The van der Waals surface area contributed by atoms with E-state index in [-0.39, 0.29) is 12.0 Å². The van der Waals surface area contributed by atoms with Gasteiger partial charge in [0.2, 0.25) is 0 Å². The van der Waals surface area contributed by atoms with Crippen LogP contribution >= 0.6 is 0 Å². The molecule has 39 heavy (non-hydrogen) atoms. The molecule has 1 aliphatic rings. The summed E-state index contributed by atoms with van der Waals surface area (Å²) in [5.41, 5.74) is 4.93. The molecular weight excluding hydrogens is 490 g/mol. The van der Waals surface area contributed by atoms with Crippen molar-refractivity contribution in [3.05, 3.63) is 84.2 Å². The van der Waals surface area contributed by atoms with E-state index in [1.807, 2.05) is 43.4 Å². The second-order valence-electron chi connectivity index (χ2n) is 10.2. The average molecular weight is 528 g/mol. The van der Waals surface area contributed by atoms with E-state index < -0.39 is 0 Å². The minimum Gasteiger partial charge on any atom is -0.393 e. The third-order valence-corrected chi connectivity index (χ3v) is 7.49. The van der Waals surface area contributed by atoms with Gasteiger partial charge in [-0.3, -0.25) is 4.79 Å². The van der Waals surface area contributed by atoms with Crippen LogP contribution in [0.15, 0.2) is 73.1 Å². The summed E-state index contributed by atoms with van der Waals surface area (Å²) < 4.78 is 7.48. The van der Waals surface area contributed by atoms with Gasteiger partial charge in [0.05, 0.1) is 12.7 Å². The molecule has 0 saturated carbocycles. The molecule has 0 bridgehead atoms. The highest BCUT2D eigenvalue weighted by Crippen LogP contribution is 2.30. The Morgan fingerprint density at radius 2 is 1.85 bits per heavy atom. The summed E-state index contributed by atoms with van der Waals surface area (Å²) in [5, 5.41) is 13.8. The van der Waals surface area contributed by atoms with E-state index in [0.29, 0.717) is 24.5 Å². The van der Waals surface area contributed by atoms with E-state index in [4.69, 9.17) is 4.74 Å². The molecule has 2 aromatic heterocycles. The van der Waals surface area contributed by atoms with Crippen LogP contribution in [-0.4, -0.2) is 71.5 Å². The van der Waals surface area contributed by atoms with Crippen molar-refractivity contribution in [1.82, 2.24) is 14.5 Å². The Morgan fingerprint density at radius 3 is 2.62 bits per heavy atom. The molecular formula is C31H37N5O3. The molecule has 1 aliphatic heterocycles. The molecule has 8 heteroatoms. The van der Waals surface area contributed by atoms with Gasteiger partial charge in [-0.05, 0) is 67.3 Å². The van der Waals surface area contributed by atoms with Crippen molar-refractivity contribution < 1.29 is 14.6 Å². The topological polar surface area (TPSA) is 82.9 Å². The number of aliphatic hydroxyl groups is 1. The van der Waals surface area contributed by atoms with Crippen molar-refractivity contribution in [2.24, 2.45) is 7.05 Å². The predicted molar refractivity (Wildman–Crippen MR) is 156 cm³/mol. The van der Waals surface area contributed by atoms with Crippen LogP contribution < -0.4 is 10.2 Å². The number of fused-ring (bicyclic) bond motifs is 1. The van der Waals surface area contributed by atoms with Crippen LogP contribution in [0.3, 0.4) is 0 Å². The molecule has 3 heterocycles. The standard InChI is InChI=1S/C31H37N5O3/c1-34-15-11-25-21-26(7-8-29(25)34)36(19-20-39-2)27-9-14-32-30(22-27)33-31(38)24-5-3-23(4-6-24)10-16-35-17-12-28(37)13-18-35/h3-9,11,14-15,21-22,28,37H,10,12-13,16-20H2,1-2H3,(H,32,33,38). The lowest BCUT2D eigenvalue weighted by Gasteiger charge is -2.29. The number of anilines is 3. The van der Waals surface area contributed by atoms with E-state index in [2.05, 4.69) is 55.1 Å². The van der Waals surface area contributed by atoms with Gasteiger partial charge in [0.1, 0.15) is 5.82 Å². The molecule has 2 aromatic carbocycles. The normalized spacial score (nSPS) is 14.5.